The van der Waals surface area contributed by atoms with E-state index in [9.17, 15) is 4.79 Å². The van der Waals surface area contributed by atoms with E-state index in [-0.39, 0.29) is 5.69 Å². The van der Waals surface area contributed by atoms with Gasteiger partial charge in [0.25, 0.3) is 0 Å². The average molecular weight is 406 g/mol. The van der Waals surface area contributed by atoms with Crippen LogP contribution < -0.4 is 15.7 Å². The molecule has 0 unspecified atom stereocenters. The molecule has 0 spiro atoms. The molecule has 0 bridgehead atoms. The number of benzene rings is 1. The molecule has 7 heteroatoms. The lowest BCUT2D eigenvalue weighted by Crippen LogP contribution is -2.27. The number of allylic oxidation sites excluding steroid dienone is 2. The number of oxime groups is 1. The quantitative estimate of drug-likeness (QED) is 0.300. The molecule has 7 nitrogen and oxygen atoms in total. The van der Waals surface area contributed by atoms with Gasteiger partial charge < -0.3 is 14.9 Å². The van der Waals surface area contributed by atoms with Crippen LogP contribution in [0.25, 0.3) is 11.9 Å². The third-order valence-electron chi connectivity index (χ3n) is 4.52. The van der Waals surface area contributed by atoms with Crippen LogP contribution in [-0.2, 0) is 4.84 Å². The van der Waals surface area contributed by atoms with Gasteiger partial charge in [-0.3, -0.25) is 9.13 Å². The normalized spacial score (nSPS) is 14.8. The number of hydrogen-bond donors (Lipinski definition) is 1. The molecule has 0 saturated heterocycles. The average Bonchev–Trinajstić information content (AvgIpc) is 3.14. The fraction of sp³-hybridized carbons (Fsp3) is 0.217. The standard InChI is InChI=1S/C23H26N4O3/c1-3-30-25-18-20-4-6-22(7-5-20)29-17-11-19(2)10-14-26-15-16-27(23(26)28)21-8-12-24-13-9-21/h3-8,10-11,14-16,18,24H,1,9,12-13,17H2,2H3/b14-10+,19-11+,25-18-. The van der Waals surface area contributed by atoms with E-state index in [1.165, 1.54) is 6.26 Å². The topological polar surface area (TPSA) is 69.8 Å². The summed E-state index contributed by atoms with van der Waals surface area (Å²) in [4.78, 5) is 17.3. The Kier molecular flexibility index (Phi) is 7.63. The van der Waals surface area contributed by atoms with Gasteiger partial charge in [-0.2, -0.15) is 0 Å². The molecule has 0 atom stereocenters. The molecule has 1 aromatic carbocycles. The Balaban J connectivity index is 1.53. The zero-order valence-corrected chi connectivity index (χ0v) is 17.0. The summed E-state index contributed by atoms with van der Waals surface area (Å²) < 4.78 is 9.01. The molecule has 1 N–H and O–H groups in total. The number of rotatable bonds is 9. The van der Waals surface area contributed by atoms with Gasteiger partial charge in [-0.05, 0) is 48.9 Å². The van der Waals surface area contributed by atoms with Gasteiger partial charge in [-0.15, -0.1) is 0 Å². The number of ether oxygens (including phenoxy) is 1. The van der Waals surface area contributed by atoms with Crippen molar-refractivity contribution >= 4 is 18.1 Å². The molecule has 0 fully saturated rings. The highest BCUT2D eigenvalue weighted by Gasteiger charge is 2.08. The van der Waals surface area contributed by atoms with Crippen molar-refractivity contribution in [1.82, 2.24) is 14.5 Å². The van der Waals surface area contributed by atoms with Crippen molar-refractivity contribution in [2.24, 2.45) is 5.16 Å². The van der Waals surface area contributed by atoms with Gasteiger partial charge in [0.2, 0.25) is 0 Å². The van der Waals surface area contributed by atoms with E-state index in [1.54, 1.807) is 27.7 Å². The number of hydrogen-bond acceptors (Lipinski definition) is 5. The minimum atomic E-state index is -0.0643. The lowest BCUT2D eigenvalue weighted by atomic mass is 10.2. The minimum absolute atomic E-state index is 0.0643. The van der Waals surface area contributed by atoms with Crippen molar-refractivity contribution in [3.05, 3.63) is 89.3 Å². The minimum Gasteiger partial charge on any atom is -0.490 e. The predicted octanol–water partition coefficient (Wildman–Crippen LogP) is 3.47. The maximum atomic E-state index is 12.5. The Hall–Kier alpha value is -3.58. The zero-order valence-electron chi connectivity index (χ0n) is 17.0. The van der Waals surface area contributed by atoms with Gasteiger partial charge in [-0.1, -0.05) is 23.4 Å². The maximum Gasteiger partial charge on any atom is 0.336 e. The first-order chi connectivity index (χ1) is 14.7. The first kappa shape index (κ1) is 21.1. The molecule has 3 rings (SSSR count). The lowest BCUT2D eigenvalue weighted by molar-refractivity contribution is 0.272. The van der Waals surface area contributed by atoms with Crippen LogP contribution >= 0.6 is 0 Å². The molecule has 1 aliphatic heterocycles. The smallest absolute Gasteiger partial charge is 0.336 e. The van der Waals surface area contributed by atoms with Crippen molar-refractivity contribution in [1.29, 1.82) is 0 Å². The second-order valence-electron chi connectivity index (χ2n) is 6.66. The summed E-state index contributed by atoms with van der Waals surface area (Å²) in [6.45, 7) is 7.51. The van der Waals surface area contributed by atoms with E-state index >= 15 is 0 Å². The van der Waals surface area contributed by atoms with Crippen LogP contribution in [0.1, 0.15) is 18.9 Å². The number of nitrogens with zero attached hydrogens (tertiary/aromatic N) is 3. The molecule has 0 saturated carbocycles. The van der Waals surface area contributed by atoms with Crippen LogP contribution in [0.5, 0.6) is 5.75 Å². The fourth-order valence-electron chi connectivity index (χ4n) is 2.87. The van der Waals surface area contributed by atoms with Crippen molar-refractivity contribution < 1.29 is 9.57 Å². The highest BCUT2D eigenvalue weighted by molar-refractivity contribution is 5.79. The summed E-state index contributed by atoms with van der Waals surface area (Å²) in [6.07, 6.45) is 15.0. The second kappa shape index (κ2) is 10.8. The summed E-state index contributed by atoms with van der Waals surface area (Å²) in [5.74, 6) is 0.758. The van der Waals surface area contributed by atoms with Crippen LogP contribution in [0, 0.1) is 0 Å². The summed E-state index contributed by atoms with van der Waals surface area (Å²) in [5.41, 5.74) is 2.88. The van der Waals surface area contributed by atoms with Crippen molar-refractivity contribution in [2.75, 3.05) is 19.7 Å². The summed E-state index contributed by atoms with van der Waals surface area (Å²) in [6, 6.07) is 7.51. The molecule has 0 aliphatic carbocycles. The lowest BCUT2D eigenvalue weighted by Gasteiger charge is -2.13. The van der Waals surface area contributed by atoms with Crippen LogP contribution in [-0.4, -0.2) is 35.0 Å². The highest BCUT2D eigenvalue weighted by atomic mass is 16.6. The number of imidazole rings is 1. The van der Waals surface area contributed by atoms with Gasteiger partial charge in [0, 0.05) is 43.8 Å². The molecule has 2 aromatic rings. The zero-order chi connectivity index (χ0) is 21.2. The third-order valence-corrected chi connectivity index (χ3v) is 4.52. The van der Waals surface area contributed by atoms with Crippen LogP contribution in [0.4, 0.5) is 0 Å². The van der Waals surface area contributed by atoms with E-state index in [1.807, 2.05) is 49.5 Å². The van der Waals surface area contributed by atoms with Crippen LogP contribution in [0.2, 0.25) is 0 Å². The Morgan fingerprint density at radius 2 is 2.13 bits per heavy atom. The highest BCUT2D eigenvalue weighted by Crippen LogP contribution is 2.12. The first-order valence-electron chi connectivity index (χ1n) is 9.75. The third kappa shape index (κ3) is 5.96. The monoisotopic (exact) mass is 406 g/mol. The van der Waals surface area contributed by atoms with E-state index in [0.717, 1.165) is 42.1 Å². The molecule has 2 heterocycles. The van der Waals surface area contributed by atoms with Gasteiger partial charge in [-0.25, -0.2) is 4.79 Å². The molecule has 0 radical (unpaired) electrons. The van der Waals surface area contributed by atoms with Crippen molar-refractivity contribution in [3.8, 4) is 5.75 Å². The Morgan fingerprint density at radius 1 is 1.30 bits per heavy atom. The number of nitrogens with one attached hydrogen (secondary N) is 1. The SMILES string of the molecule is C=CO/N=C\c1ccc(OC/C=C(C)/C=C/n2ccn(C3=CCNCC3)c2=O)cc1. The van der Waals surface area contributed by atoms with Gasteiger partial charge in [0.05, 0.1) is 6.21 Å². The summed E-state index contributed by atoms with van der Waals surface area (Å²) >= 11 is 0. The number of aromatic nitrogens is 2. The largest absolute Gasteiger partial charge is 0.490 e. The Labute approximate surface area is 175 Å². The van der Waals surface area contributed by atoms with Crippen molar-refractivity contribution in [3.63, 3.8) is 0 Å². The van der Waals surface area contributed by atoms with E-state index in [4.69, 9.17) is 9.57 Å². The van der Waals surface area contributed by atoms with E-state index < -0.39 is 0 Å². The van der Waals surface area contributed by atoms with Gasteiger partial charge >= 0.3 is 5.69 Å². The second-order valence-corrected chi connectivity index (χ2v) is 6.66. The Morgan fingerprint density at radius 3 is 2.87 bits per heavy atom. The molecule has 30 heavy (non-hydrogen) atoms. The van der Waals surface area contributed by atoms with Crippen LogP contribution in [0.15, 0.2) is 83.3 Å². The van der Waals surface area contributed by atoms with Gasteiger partial charge in [0.15, 0.2) is 0 Å². The molecule has 156 valence electrons. The predicted molar refractivity (Wildman–Crippen MR) is 120 cm³/mol. The van der Waals surface area contributed by atoms with E-state index in [0.29, 0.717) is 6.61 Å². The molecular weight excluding hydrogens is 380 g/mol. The van der Waals surface area contributed by atoms with Crippen molar-refractivity contribution in [2.45, 2.75) is 13.3 Å². The van der Waals surface area contributed by atoms with Gasteiger partial charge in [0.1, 0.15) is 18.6 Å². The molecule has 1 aliphatic rings. The van der Waals surface area contributed by atoms with Crippen LogP contribution in [0.3, 0.4) is 0 Å². The first-order valence-corrected chi connectivity index (χ1v) is 9.75. The summed E-state index contributed by atoms with van der Waals surface area (Å²) in [5, 5.41) is 6.97. The molecule has 1 aromatic heterocycles. The summed E-state index contributed by atoms with van der Waals surface area (Å²) in [7, 11) is 0. The molecule has 0 amide bonds. The Bertz CT molecular complexity index is 1020. The fourth-order valence-corrected chi connectivity index (χ4v) is 2.87. The van der Waals surface area contributed by atoms with E-state index in [2.05, 4.69) is 23.1 Å². The maximum absolute atomic E-state index is 12.5. The molecular formula is C23H26N4O3.